The highest BCUT2D eigenvalue weighted by atomic mass is 16.2. The summed E-state index contributed by atoms with van der Waals surface area (Å²) in [6, 6.07) is 18.4. The first-order chi connectivity index (χ1) is 13.6. The minimum Gasteiger partial charge on any atom is -0.342 e. The number of amides is 2. The third-order valence-corrected chi connectivity index (χ3v) is 6.02. The Kier molecular flexibility index (Phi) is 5.47. The number of carbonyl (C=O) groups excluding carboxylic acids is 2. The number of likely N-dealkylation sites (tertiary alicyclic amines) is 1. The number of anilines is 1. The van der Waals surface area contributed by atoms with Gasteiger partial charge in [-0.05, 0) is 61.8 Å². The van der Waals surface area contributed by atoms with Gasteiger partial charge in [0.15, 0.2) is 0 Å². The van der Waals surface area contributed by atoms with E-state index in [1.807, 2.05) is 42.2 Å². The van der Waals surface area contributed by atoms with Crippen LogP contribution in [0.15, 0.2) is 54.6 Å². The van der Waals surface area contributed by atoms with Gasteiger partial charge in [0.1, 0.15) is 0 Å². The van der Waals surface area contributed by atoms with Gasteiger partial charge in [-0.2, -0.15) is 0 Å². The summed E-state index contributed by atoms with van der Waals surface area (Å²) in [4.78, 5) is 27.2. The second-order valence-corrected chi connectivity index (χ2v) is 8.27. The summed E-state index contributed by atoms with van der Waals surface area (Å²) in [6.07, 6.45) is 3.87. The van der Waals surface area contributed by atoms with E-state index in [1.54, 1.807) is 0 Å². The van der Waals surface area contributed by atoms with Gasteiger partial charge in [-0.1, -0.05) is 42.5 Å². The van der Waals surface area contributed by atoms with E-state index in [4.69, 9.17) is 0 Å². The van der Waals surface area contributed by atoms with Gasteiger partial charge in [0.05, 0.1) is 11.8 Å². The van der Waals surface area contributed by atoms with Gasteiger partial charge in [0.2, 0.25) is 11.8 Å². The fraction of sp³-hybridized carbons (Fsp3) is 0.417. The number of nitrogens with zero attached hydrogens (tertiary/aromatic N) is 1. The van der Waals surface area contributed by atoms with Crippen LogP contribution in [0.3, 0.4) is 0 Å². The van der Waals surface area contributed by atoms with Crippen LogP contribution < -0.4 is 5.32 Å². The zero-order valence-corrected chi connectivity index (χ0v) is 16.4. The summed E-state index contributed by atoms with van der Waals surface area (Å²) in [7, 11) is 0. The van der Waals surface area contributed by atoms with Crippen molar-refractivity contribution in [1.29, 1.82) is 0 Å². The lowest BCUT2D eigenvalue weighted by Crippen LogP contribution is -2.40. The number of aryl methyl sites for hydroxylation is 1. The van der Waals surface area contributed by atoms with Crippen molar-refractivity contribution in [2.24, 2.45) is 17.8 Å². The molecule has 0 spiro atoms. The summed E-state index contributed by atoms with van der Waals surface area (Å²) in [5.41, 5.74) is 3.30. The number of hydrogen-bond acceptors (Lipinski definition) is 2. The van der Waals surface area contributed by atoms with Gasteiger partial charge >= 0.3 is 0 Å². The van der Waals surface area contributed by atoms with Gasteiger partial charge in [-0.15, -0.1) is 0 Å². The minimum atomic E-state index is -0.171. The fourth-order valence-electron chi connectivity index (χ4n) is 4.25. The number of piperidine rings is 1. The van der Waals surface area contributed by atoms with Crippen molar-refractivity contribution < 1.29 is 9.59 Å². The van der Waals surface area contributed by atoms with Gasteiger partial charge in [0.25, 0.3) is 0 Å². The van der Waals surface area contributed by atoms with Crippen LogP contribution in [0.1, 0.15) is 30.4 Å². The summed E-state index contributed by atoms with van der Waals surface area (Å²) in [5, 5.41) is 2.96. The first-order valence-electron chi connectivity index (χ1n) is 10.3. The topological polar surface area (TPSA) is 49.4 Å². The lowest BCUT2D eigenvalue weighted by molar-refractivity contribution is -0.135. The van der Waals surface area contributed by atoms with Gasteiger partial charge in [-0.3, -0.25) is 9.59 Å². The first-order valence-corrected chi connectivity index (χ1v) is 10.3. The summed E-state index contributed by atoms with van der Waals surface area (Å²) < 4.78 is 0. The largest absolute Gasteiger partial charge is 0.342 e. The zero-order valence-electron chi connectivity index (χ0n) is 16.4. The number of benzene rings is 2. The summed E-state index contributed by atoms with van der Waals surface area (Å²) in [6.45, 7) is 3.64. The molecule has 0 bridgehead atoms. The van der Waals surface area contributed by atoms with Crippen molar-refractivity contribution in [3.05, 3.63) is 65.7 Å². The molecule has 4 heteroatoms. The quantitative estimate of drug-likeness (QED) is 0.856. The number of rotatable bonds is 5. The van der Waals surface area contributed by atoms with Crippen molar-refractivity contribution in [3.8, 4) is 0 Å². The Morgan fingerprint density at radius 3 is 2.46 bits per heavy atom. The van der Waals surface area contributed by atoms with Crippen molar-refractivity contribution >= 4 is 17.5 Å². The van der Waals surface area contributed by atoms with E-state index in [1.165, 1.54) is 5.56 Å². The molecular formula is C24H28N2O2. The normalized spacial score (nSPS) is 22.0. The number of hydrogen-bond donors (Lipinski definition) is 1. The zero-order chi connectivity index (χ0) is 19.5. The molecule has 2 aliphatic rings. The summed E-state index contributed by atoms with van der Waals surface area (Å²) >= 11 is 0. The predicted octanol–water partition coefficient (Wildman–Crippen LogP) is 4.05. The van der Waals surface area contributed by atoms with E-state index in [-0.39, 0.29) is 23.7 Å². The molecule has 1 N–H and O–H groups in total. The average molecular weight is 377 g/mol. The highest BCUT2D eigenvalue weighted by Crippen LogP contribution is 2.41. The molecule has 2 aromatic rings. The Balaban J connectivity index is 1.24. The van der Waals surface area contributed by atoms with E-state index in [2.05, 4.69) is 29.6 Å². The van der Waals surface area contributed by atoms with Crippen LogP contribution >= 0.6 is 0 Å². The highest BCUT2D eigenvalue weighted by Gasteiger charge is 2.49. The molecule has 1 saturated carbocycles. The SMILES string of the molecule is Cc1cccc(NC(=O)C2CC2C(=O)N2CCC(Cc3ccccc3)CC2)c1. The van der Waals surface area contributed by atoms with Crippen LogP contribution in [0.25, 0.3) is 0 Å². The molecule has 1 aliphatic heterocycles. The standard InChI is InChI=1S/C24H28N2O2/c1-17-6-5-9-20(14-17)25-23(27)21-16-22(21)24(28)26-12-10-19(11-13-26)15-18-7-3-2-4-8-18/h2-9,14,19,21-22H,10-13,15-16H2,1H3,(H,25,27). The molecule has 2 amide bonds. The number of nitrogens with one attached hydrogen (secondary N) is 1. The molecule has 0 radical (unpaired) electrons. The van der Waals surface area contributed by atoms with Crippen LogP contribution in [-0.2, 0) is 16.0 Å². The van der Waals surface area contributed by atoms with Gasteiger partial charge in [0, 0.05) is 18.8 Å². The van der Waals surface area contributed by atoms with Crippen LogP contribution in [0, 0.1) is 24.7 Å². The highest BCUT2D eigenvalue weighted by molar-refractivity contribution is 5.99. The van der Waals surface area contributed by atoms with E-state index in [9.17, 15) is 9.59 Å². The molecule has 2 unspecified atom stereocenters. The van der Waals surface area contributed by atoms with Crippen molar-refractivity contribution in [3.63, 3.8) is 0 Å². The fourth-order valence-corrected chi connectivity index (χ4v) is 4.25. The molecular weight excluding hydrogens is 348 g/mol. The van der Waals surface area contributed by atoms with Crippen LogP contribution in [0.4, 0.5) is 5.69 Å². The Morgan fingerprint density at radius 1 is 1.00 bits per heavy atom. The van der Waals surface area contributed by atoms with E-state index < -0.39 is 0 Å². The molecule has 1 aliphatic carbocycles. The Morgan fingerprint density at radius 2 is 1.75 bits per heavy atom. The van der Waals surface area contributed by atoms with Crippen molar-refractivity contribution in [2.75, 3.05) is 18.4 Å². The van der Waals surface area contributed by atoms with Crippen LogP contribution in [0.5, 0.6) is 0 Å². The second-order valence-electron chi connectivity index (χ2n) is 8.27. The van der Waals surface area contributed by atoms with Gasteiger partial charge < -0.3 is 10.2 Å². The molecule has 2 atom stereocenters. The van der Waals surface area contributed by atoms with Crippen molar-refractivity contribution in [1.82, 2.24) is 4.90 Å². The molecule has 1 saturated heterocycles. The van der Waals surface area contributed by atoms with Crippen molar-refractivity contribution in [2.45, 2.75) is 32.6 Å². The predicted molar refractivity (Wildman–Crippen MR) is 111 cm³/mol. The smallest absolute Gasteiger partial charge is 0.228 e. The maximum atomic E-state index is 12.8. The molecule has 28 heavy (non-hydrogen) atoms. The third kappa shape index (κ3) is 4.44. The molecule has 4 nitrogen and oxygen atoms in total. The molecule has 0 aromatic heterocycles. The number of carbonyl (C=O) groups is 2. The molecule has 2 aromatic carbocycles. The monoisotopic (exact) mass is 376 g/mol. The third-order valence-electron chi connectivity index (χ3n) is 6.02. The molecule has 146 valence electrons. The minimum absolute atomic E-state index is 0.0251. The van der Waals surface area contributed by atoms with Gasteiger partial charge in [-0.25, -0.2) is 0 Å². The maximum Gasteiger partial charge on any atom is 0.228 e. The molecule has 4 rings (SSSR count). The lowest BCUT2D eigenvalue weighted by Gasteiger charge is -2.32. The van der Waals surface area contributed by atoms with Crippen LogP contribution in [-0.4, -0.2) is 29.8 Å². The Hall–Kier alpha value is -2.62. The molecule has 2 fully saturated rings. The first kappa shape index (κ1) is 18.7. The Labute approximate surface area is 166 Å². The average Bonchev–Trinajstić information content (AvgIpc) is 3.50. The summed E-state index contributed by atoms with van der Waals surface area (Å²) in [5.74, 6) is 0.488. The van der Waals surface area contributed by atoms with E-state index in [0.717, 1.165) is 43.6 Å². The maximum absolute atomic E-state index is 12.8. The second kappa shape index (κ2) is 8.17. The van der Waals surface area contributed by atoms with Crippen LogP contribution in [0.2, 0.25) is 0 Å². The molecule has 1 heterocycles. The van der Waals surface area contributed by atoms with E-state index in [0.29, 0.717) is 12.3 Å². The Bertz CT molecular complexity index is 841. The lowest BCUT2D eigenvalue weighted by atomic mass is 9.90. The van der Waals surface area contributed by atoms with E-state index >= 15 is 0 Å².